The van der Waals surface area contributed by atoms with E-state index in [2.05, 4.69) is 6.92 Å². The minimum absolute atomic E-state index is 0.0106. The lowest BCUT2D eigenvalue weighted by Crippen LogP contribution is -2.54. The number of hydrogen-bond acceptors (Lipinski definition) is 4. The topological polar surface area (TPSA) is 56.3 Å². The van der Waals surface area contributed by atoms with E-state index in [0.29, 0.717) is 64.3 Å². The van der Waals surface area contributed by atoms with Gasteiger partial charge in [-0.2, -0.15) is 0 Å². The van der Waals surface area contributed by atoms with Gasteiger partial charge in [-0.05, 0) is 43.5 Å². The zero-order valence-electron chi connectivity index (χ0n) is 20.2. The summed E-state index contributed by atoms with van der Waals surface area (Å²) in [4.78, 5) is 34.2. The molecule has 0 spiro atoms. The predicted molar refractivity (Wildman–Crippen MR) is 133 cm³/mol. The highest BCUT2D eigenvalue weighted by Gasteiger charge is 2.36. The molecule has 2 aromatic rings. The SMILES string of the molecule is CC[C@@H]1CN(C(=O)N2CCC(C(=O)N3CCN(c4ccccc4F)CC3)CC2)c2ccccc2O1. The Bertz CT molecular complexity index is 1060. The first-order valence-corrected chi connectivity index (χ1v) is 12.7. The lowest BCUT2D eigenvalue weighted by Gasteiger charge is -2.41. The number of para-hydroxylation sites is 3. The molecule has 0 bridgehead atoms. The molecular formula is C27H33FN4O3. The lowest BCUT2D eigenvalue weighted by molar-refractivity contribution is -0.137. The van der Waals surface area contributed by atoms with Crippen LogP contribution in [-0.2, 0) is 4.79 Å². The Morgan fingerprint density at radius 1 is 0.886 bits per heavy atom. The van der Waals surface area contributed by atoms with E-state index in [1.165, 1.54) is 6.07 Å². The molecule has 0 aromatic heterocycles. The smallest absolute Gasteiger partial charge is 0.324 e. The van der Waals surface area contributed by atoms with Crippen LogP contribution in [0.3, 0.4) is 0 Å². The maximum absolute atomic E-state index is 14.1. The Balaban J connectivity index is 1.15. The van der Waals surface area contributed by atoms with Crippen LogP contribution in [-0.4, -0.2) is 73.7 Å². The highest BCUT2D eigenvalue weighted by Crippen LogP contribution is 2.35. The van der Waals surface area contributed by atoms with E-state index in [4.69, 9.17) is 4.74 Å². The molecule has 35 heavy (non-hydrogen) atoms. The first kappa shape index (κ1) is 23.5. The summed E-state index contributed by atoms with van der Waals surface area (Å²) in [6.45, 7) is 6.18. The number of carbonyl (C=O) groups excluding carboxylic acids is 2. The minimum Gasteiger partial charge on any atom is -0.486 e. The molecule has 5 rings (SSSR count). The van der Waals surface area contributed by atoms with Gasteiger partial charge in [-0.15, -0.1) is 0 Å². The number of amides is 3. The average Bonchev–Trinajstić information content (AvgIpc) is 2.92. The van der Waals surface area contributed by atoms with Crippen molar-refractivity contribution in [3.63, 3.8) is 0 Å². The average molecular weight is 481 g/mol. The normalized spacial score (nSPS) is 20.9. The molecule has 0 N–H and O–H groups in total. The van der Waals surface area contributed by atoms with Crippen LogP contribution in [0.15, 0.2) is 48.5 Å². The first-order valence-electron chi connectivity index (χ1n) is 12.7. The second-order valence-corrected chi connectivity index (χ2v) is 9.53. The number of halogens is 1. The van der Waals surface area contributed by atoms with E-state index in [-0.39, 0.29) is 29.8 Å². The zero-order valence-corrected chi connectivity index (χ0v) is 20.2. The van der Waals surface area contributed by atoms with Gasteiger partial charge in [0.1, 0.15) is 17.7 Å². The Hall–Kier alpha value is -3.29. The third-order valence-electron chi connectivity index (χ3n) is 7.42. The van der Waals surface area contributed by atoms with Crippen LogP contribution in [0.5, 0.6) is 5.75 Å². The van der Waals surface area contributed by atoms with Crippen molar-refractivity contribution in [2.45, 2.75) is 32.3 Å². The summed E-state index contributed by atoms with van der Waals surface area (Å²) in [6.07, 6.45) is 2.15. The molecule has 7 nitrogen and oxygen atoms in total. The summed E-state index contributed by atoms with van der Waals surface area (Å²) >= 11 is 0. The van der Waals surface area contributed by atoms with Crippen molar-refractivity contribution in [3.05, 3.63) is 54.3 Å². The molecule has 3 aliphatic rings. The third-order valence-corrected chi connectivity index (χ3v) is 7.42. The zero-order chi connectivity index (χ0) is 24.4. The molecule has 1 atom stereocenters. The van der Waals surface area contributed by atoms with Crippen molar-refractivity contribution < 1.29 is 18.7 Å². The Morgan fingerprint density at radius 3 is 2.23 bits per heavy atom. The molecular weight excluding hydrogens is 447 g/mol. The number of piperazine rings is 1. The molecule has 2 fully saturated rings. The van der Waals surface area contributed by atoms with Crippen LogP contribution < -0.4 is 14.5 Å². The maximum Gasteiger partial charge on any atom is 0.324 e. The monoisotopic (exact) mass is 480 g/mol. The fourth-order valence-corrected chi connectivity index (χ4v) is 5.31. The molecule has 186 valence electrons. The van der Waals surface area contributed by atoms with Gasteiger partial charge in [-0.1, -0.05) is 31.2 Å². The molecule has 0 radical (unpaired) electrons. The molecule has 2 saturated heterocycles. The minimum atomic E-state index is -0.225. The number of anilines is 2. The molecule has 0 aliphatic carbocycles. The standard InChI is InChI=1S/C27H33FN4O3/c1-2-21-19-32(24-9-5-6-10-25(24)35-21)27(34)31-13-11-20(12-14-31)26(33)30-17-15-29(16-18-30)23-8-4-3-7-22(23)28/h3-10,20-21H,2,11-19H2,1H3/t21-/m1/s1. The molecule has 3 aliphatic heterocycles. The fourth-order valence-electron chi connectivity index (χ4n) is 5.31. The molecule has 0 saturated carbocycles. The number of likely N-dealkylation sites (tertiary alicyclic amines) is 1. The molecule has 0 unspecified atom stereocenters. The van der Waals surface area contributed by atoms with Crippen LogP contribution in [0.25, 0.3) is 0 Å². The Kier molecular flexibility index (Phi) is 6.79. The van der Waals surface area contributed by atoms with Crippen LogP contribution in [0.1, 0.15) is 26.2 Å². The van der Waals surface area contributed by atoms with Gasteiger partial charge in [0, 0.05) is 45.2 Å². The summed E-state index contributed by atoms with van der Waals surface area (Å²) in [5.41, 5.74) is 1.41. The maximum atomic E-state index is 14.1. The number of fused-ring (bicyclic) bond motifs is 1. The van der Waals surface area contributed by atoms with Crippen LogP contribution in [0.2, 0.25) is 0 Å². The molecule has 3 amide bonds. The summed E-state index contributed by atoms with van der Waals surface area (Å²) in [5, 5.41) is 0. The van der Waals surface area contributed by atoms with E-state index in [0.717, 1.165) is 17.9 Å². The summed E-state index contributed by atoms with van der Waals surface area (Å²) in [6, 6.07) is 14.5. The number of benzene rings is 2. The third kappa shape index (κ3) is 4.79. The number of rotatable bonds is 3. The quantitative estimate of drug-likeness (QED) is 0.667. The Labute approximate surface area is 206 Å². The predicted octanol–water partition coefficient (Wildman–Crippen LogP) is 3.98. The van der Waals surface area contributed by atoms with Gasteiger partial charge in [0.25, 0.3) is 0 Å². The largest absolute Gasteiger partial charge is 0.486 e. The van der Waals surface area contributed by atoms with Gasteiger partial charge in [0.15, 0.2) is 0 Å². The second kappa shape index (κ2) is 10.1. The van der Waals surface area contributed by atoms with Crippen molar-refractivity contribution in [3.8, 4) is 5.75 Å². The summed E-state index contributed by atoms with van der Waals surface area (Å²) in [5.74, 6) is 0.614. The summed E-state index contributed by atoms with van der Waals surface area (Å²) in [7, 11) is 0. The number of nitrogens with zero attached hydrogens (tertiary/aromatic N) is 4. The van der Waals surface area contributed by atoms with Crippen LogP contribution in [0.4, 0.5) is 20.6 Å². The second-order valence-electron chi connectivity index (χ2n) is 9.53. The van der Waals surface area contributed by atoms with Crippen molar-refractivity contribution in [2.75, 3.05) is 55.6 Å². The number of urea groups is 1. The van der Waals surface area contributed by atoms with Crippen molar-refractivity contribution in [1.29, 1.82) is 0 Å². The van der Waals surface area contributed by atoms with E-state index in [1.807, 2.05) is 49.9 Å². The highest BCUT2D eigenvalue weighted by molar-refractivity contribution is 5.94. The fraction of sp³-hybridized carbons (Fsp3) is 0.481. The summed E-state index contributed by atoms with van der Waals surface area (Å²) < 4.78 is 20.1. The molecule has 2 aromatic carbocycles. The van der Waals surface area contributed by atoms with Crippen LogP contribution >= 0.6 is 0 Å². The number of carbonyl (C=O) groups is 2. The van der Waals surface area contributed by atoms with Gasteiger partial charge in [0.05, 0.1) is 17.9 Å². The van der Waals surface area contributed by atoms with Gasteiger partial charge in [-0.3, -0.25) is 9.69 Å². The number of piperidine rings is 1. The van der Waals surface area contributed by atoms with Crippen LogP contribution in [0, 0.1) is 11.7 Å². The highest BCUT2D eigenvalue weighted by atomic mass is 19.1. The number of ether oxygens (including phenoxy) is 1. The van der Waals surface area contributed by atoms with E-state index in [1.54, 1.807) is 12.1 Å². The van der Waals surface area contributed by atoms with E-state index in [9.17, 15) is 14.0 Å². The van der Waals surface area contributed by atoms with Gasteiger partial charge < -0.3 is 19.4 Å². The van der Waals surface area contributed by atoms with Gasteiger partial charge in [-0.25, -0.2) is 9.18 Å². The lowest BCUT2D eigenvalue weighted by atomic mass is 9.95. The van der Waals surface area contributed by atoms with Gasteiger partial charge in [0.2, 0.25) is 5.91 Å². The van der Waals surface area contributed by atoms with Crippen molar-refractivity contribution >= 4 is 23.3 Å². The van der Waals surface area contributed by atoms with E-state index < -0.39 is 0 Å². The molecule has 8 heteroatoms. The van der Waals surface area contributed by atoms with E-state index >= 15 is 0 Å². The van der Waals surface area contributed by atoms with Crippen molar-refractivity contribution in [2.24, 2.45) is 5.92 Å². The Morgan fingerprint density at radius 2 is 1.54 bits per heavy atom. The number of hydrogen-bond donors (Lipinski definition) is 0. The van der Waals surface area contributed by atoms with Gasteiger partial charge >= 0.3 is 6.03 Å². The van der Waals surface area contributed by atoms with Crippen molar-refractivity contribution in [1.82, 2.24) is 9.80 Å². The molecule has 3 heterocycles. The first-order chi connectivity index (χ1) is 17.0.